The molecule has 0 saturated heterocycles. The zero-order chi connectivity index (χ0) is 14.3. The average Bonchev–Trinajstić information content (AvgIpc) is 2.69. The maximum atomic E-state index is 10.5. The Bertz CT molecular complexity index is 390. The topological polar surface area (TPSA) is 131 Å². The van der Waals surface area contributed by atoms with E-state index in [9.17, 15) is 18.0 Å². The number of rotatable bonds is 3. The Balaban J connectivity index is 0.000000360. The van der Waals surface area contributed by atoms with Crippen molar-refractivity contribution in [1.29, 1.82) is 0 Å². The summed E-state index contributed by atoms with van der Waals surface area (Å²) in [6.45, 7) is 0. The van der Waals surface area contributed by atoms with E-state index in [0.29, 0.717) is 12.1 Å². The van der Waals surface area contributed by atoms with Gasteiger partial charge in [0.1, 0.15) is 12.2 Å². The molecular weight excluding hydrogens is 261 g/mol. The molecule has 0 unspecified atom stereocenters. The molecule has 1 aromatic rings. The van der Waals surface area contributed by atoms with Gasteiger partial charge in [0, 0.05) is 6.07 Å². The number of hydrogen-bond donors (Lipinski definition) is 2. The number of hydrogen-bond acceptors (Lipinski definition) is 5. The molecule has 1 rings (SSSR count). The van der Waals surface area contributed by atoms with Crippen molar-refractivity contribution >= 4 is 11.9 Å². The van der Waals surface area contributed by atoms with E-state index in [1.807, 2.05) is 0 Å². The highest BCUT2D eigenvalue weighted by molar-refractivity contribution is 5.71. The predicted molar refractivity (Wildman–Crippen MR) is 45.6 cm³/mol. The van der Waals surface area contributed by atoms with Crippen LogP contribution in [-0.4, -0.2) is 34.4 Å². The number of aliphatic carboxylic acids is 2. The monoisotopic (exact) mass is 270 g/mol. The zero-order valence-electron chi connectivity index (χ0n) is 8.81. The minimum absolute atomic E-state index is 0.311. The lowest BCUT2D eigenvalue weighted by Gasteiger charge is -2.03. The van der Waals surface area contributed by atoms with E-state index in [1.54, 1.807) is 6.07 Å². The Morgan fingerprint density at radius 1 is 1.56 bits per heavy atom. The number of nitrogens with zero attached hydrogens (tertiary/aromatic N) is 1. The molecule has 0 amide bonds. The summed E-state index contributed by atoms with van der Waals surface area (Å²) in [5.41, 5.74) is 4.05. The van der Waals surface area contributed by atoms with Crippen LogP contribution in [0.15, 0.2) is 16.9 Å². The SMILES string of the molecule is O=C([O-])C(F)(F)F.[NH3+][C@@H](Cc1ccon1)C(=O)O. The van der Waals surface area contributed by atoms with Gasteiger partial charge in [-0.2, -0.15) is 13.2 Å². The quantitative estimate of drug-likeness (QED) is 0.666. The first-order valence-electron chi connectivity index (χ1n) is 4.38. The molecule has 18 heavy (non-hydrogen) atoms. The summed E-state index contributed by atoms with van der Waals surface area (Å²) in [4.78, 5) is 19.1. The van der Waals surface area contributed by atoms with Crippen molar-refractivity contribution in [2.24, 2.45) is 0 Å². The van der Waals surface area contributed by atoms with Gasteiger partial charge in [-0.25, -0.2) is 4.79 Å². The Morgan fingerprint density at radius 3 is 2.33 bits per heavy atom. The van der Waals surface area contributed by atoms with Crippen LogP contribution in [0.2, 0.25) is 0 Å². The van der Waals surface area contributed by atoms with E-state index in [4.69, 9.17) is 15.0 Å². The standard InChI is InChI=1S/C6H8N2O3.C2HF3O2/c7-5(6(9)10)3-4-1-2-11-8-4;3-2(4,5)1(6)7/h1-2,5H,3,7H2,(H,9,10);(H,6,7)/t5-;/m0./s1. The fourth-order valence-corrected chi connectivity index (χ4v) is 0.683. The second kappa shape index (κ2) is 6.59. The van der Waals surface area contributed by atoms with Crippen LogP contribution in [0.3, 0.4) is 0 Å². The summed E-state index contributed by atoms with van der Waals surface area (Å²) < 4.78 is 36.1. The van der Waals surface area contributed by atoms with Gasteiger partial charge >= 0.3 is 12.1 Å². The minimum atomic E-state index is -5.19. The third-order valence-corrected chi connectivity index (χ3v) is 1.53. The lowest BCUT2D eigenvalue weighted by atomic mass is 10.2. The summed E-state index contributed by atoms with van der Waals surface area (Å²) >= 11 is 0. The molecule has 0 bridgehead atoms. The molecule has 1 heterocycles. The van der Waals surface area contributed by atoms with Gasteiger partial charge in [-0.05, 0) is 0 Å². The van der Waals surface area contributed by atoms with Crippen molar-refractivity contribution in [1.82, 2.24) is 5.16 Å². The first kappa shape index (κ1) is 15.9. The van der Waals surface area contributed by atoms with Crippen molar-refractivity contribution < 1.29 is 43.2 Å². The third kappa shape index (κ3) is 6.48. The van der Waals surface area contributed by atoms with Crippen molar-refractivity contribution in [3.05, 3.63) is 18.0 Å². The summed E-state index contributed by atoms with van der Waals surface area (Å²) in [5.74, 6) is -3.93. The first-order valence-corrected chi connectivity index (χ1v) is 4.38. The van der Waals surface area contributed by atoms with Gasteiger partial charge in [0.2, 0.25) is 0 Å². The largest absolute Gasteiger partial charge is 0.542 e. The van der Waals surface area contributed by atoms with E-state index < -0.39 is 24.2 Å². The minimum Gasteiger partial charge on any atom is -0.542 e. The van der Waals surface area contributed by atoms with Crippen molar-refractivity contribution in [2.45, 2.75) is 18.6 Å². The lowest BCUT2D eigenvalue weighted by Crippen LogP contribution is -2.65. The number of aromatic nitrogens is 1. The highest BCUT2D eigenvalue weighted by Gasteiger charge is 2.28. The summed E-state index contributed by atoms with van der Waals surface area (Å²) in [5, 5.41) is 20.8. The van der Waals surface area contributed by atoms with Gasteiger partial charge in [-0.1, -0.05) is 5.16 Å². The van der Waals surface area contributed by atoms with Crippen LogP contribution in [0.1, 0.15) is 5.69 Å². The number of carbonyl (C=O) groups excluding carboxylic acids is 1. The number of carboxylic acids is 2. The number of alkyl halides is 3. The van der Waals surface area contributed by atoms with Gasteiger partial charge in [0.25, 0.3) is 0 Å². The number of carbonyl (C=O) groups is 2. The van der Waals surface area contributed by atoms with E-state index in [0.717, 1.165) is 0 Å². The molecule has 4 N–H and O–H groups in total. The normalized spacial score (nSPS) is 12.2. The van der Waals surface area contributed by atoms with Crippen LogP contribution in [0.4, 0.5) is 13.2 Å². The third-order valence-electron chi connectivity index (χ3n) is 1.53. The maximum Gasteiger partial charge on any atom is 0.430 e. The molecule has 0 aliphatic carbocycles. The molecule has 0 aliphatic heterocycles. The lowest BCUT2D eigenvalue weighted by molar-refractivity contribution is -0.407. The number of carboxylic acid groups (broad SMARTS) is 2. The summed E-state index contributed by atoms with van der Waals surface area (Å²) in [6.07, 6.45) is -3.48. The Kier molecular flexibility index (Phi) is 5.82. The first-order chi connectivity index (χ1) is 8.14. The fourth-order valence-electron chi connectivity index (χ4n) is 0.683. The Morgan fingerprint density at radius 2 is 2.06 bits per heavy atom. The smallest absolute Gasteiger partial charge is 0.430 e. The highest BCUT2D eigenvalue weighted by atomic mass is 19.4. The molecular formula is C8H9F3N2O5. The zero-order valence-corrected chi connectivity index (χ0v) is 8.81. The molecule has 0 spiro atoms. The van der Waals surface area contributed by atoms with E-state index in [-0.39, 0.29) is 0 Å². The van der Waals surface area contributed by atoms with Gasteiger partial charge in [0.15, 0.2) is 6.04 Å². The predicted octanol–water partition coefficient (Wildman–Crippen LogP) is -1.79. The molecule has 1 atom stereocenters. The molecule has 10 heteroatoms. The van der Waals surface area contributed by atoms with Crippen LogP contribution in [-0.2, 0) is 16.0 Å². The molecule has 0 aromatic carbocycles. The Labute approximate surface area is 98.0 Å². The molecule has 0 aliphatic rings. The van der Waals surface area contributed by atoms with Crippen LogP contribution in [0.25, 0.3) is 0 Å². The maximum absolute atomic E-state index is 10.5. The van der Waals surface area contributed by atoms with Crippen LogP contribution >= 0.6 is 0 Å². The molecule has 1 aromatic heterocycles. The van der Waals surface area contributed by atoms with E-state index >= 15 is 0 Å². The second-order valence-electron chi connectivity index (χ2n) is 3.02. The van der Waals surface area contributed by atoms with Crippen molar-refractivity contribution in [3.63, 3.8) is 0 Å². The molecule has 0 fully saturated rings. The van der Waals surface area contributed by atoms with Crippen LogP contribution in [0.5, 0.6) is 0 Å². The van der Waals surface area contributed by atoms with Crippen molar-refractivity contribution in [3.8, 4) is 0 Å². The highest BCUT2D eigenvalue weighted by Crippen LogP contribution is 2.11. The summed E-state index contributed by atoms with van der Waals surface area (Å²) in [6, 6.07) is 0.973. The van der Waals surface area contributed by atoms with Gasteiger partial charge < -0.3 is 25.3 Å². The van der Waals surface area contributed by atoms with Gasteiger partial charge in [0.05, 0.1) is 12.1 Å². The molecule has 102 valence electrons. The van der Waals surface area contributed by atoms with Crippen LogP contribution in [0, 0.1) is 0 Å². The van der Waals surface area contributed by atoms with Crippen LogP contribution < -0.4 is 10.8 Å². The van der Waals surface area contributed by atoms with E-state index in [2.05, 4.69) is 15.4 Å². The fraction of sp³-hybridized carbons (Fsp3) is 0.375. The number of halogens is 3. The summed E-state index contributed by atoms with van der Waals surface area (Å²) in [7, 11) is 0. The Hall–Kier alpha value is -2.10. The van der Waals surface area contributed by atoms with Crippen molar-refractivity contribution in [2.75, 3.05) is 0 Å². The average molecular weight is 270 g/mol. The number of quaternary nitrogens is 1. The molecule has 7 nitrogen and oxygen atoms in total. The van der Waals surface area contributed by atoms with Gasteiger partial charge in [-0.3, -0.25) is 0 Å². The molecule has 0 radical (unpaired) electrons. The second-order valence-corrected chi connectivity index (χ2v) is 3.02. The molecule has 0 saturated carbocycles. The van der Waals surface area contributed by atoms with Gasteiger partial charge in [-0.15, -0.1) is 0 Å². The van der Waals surface area contributed by atoms with E-state index in [1.165, 1.54) is 6.26 Å².